The van der Waals surface area contributed by atoms with Gasteiger partial charge in [0.25, 0.3) is 0 Å². The molecule has 5 atom stereocenters. The molecule has 1 saturated heterocycles. The minimum Gasteiger partial charge on any atom is -0.456 e. The number of nitrogens with two attached hydrogens (primary N) is 2. The van der Waals surface area contributed by atoms with Crippen LogP contribution in [0.4, 0.5) is 0 Å². The first-order valence-corrected chi connectivity index (χ1v) is 8.72. The van der Waals surface area contributed by atoms with Crippen LogP contribution < -0.4 is 11.5 Å². The van der Waals surface area contributed by atoms with Gasteiger partial charge in [-0.05, 0) is 20.8 Å². The van der Waals surface area contributed by atoms with E-state index in [9.17, 15) is 15.1 Å². The number of aliphatic hydroxyl groups is 1. The fourth-order valence-electron chi connectivity index (χ4n) is 4.89. The number of esters is 1. The molecule has 1 aliphatic carbocycles. The zero-order valence-electron chi connectivity index (χ0n) is 15.4. The molecule has 4 rings (SSSR count). The summed E-state index contributed by atoms with van der Waals surface area (Å²) in [6.07, 6.45) is 0.542. The van der Waals surface area contributed by atoms with E-state index in [0.29, 0.717) is 6.42 Å². The van der Waals surface area contributed by atoms with Gasteiger partial charge in [-0.25, -0.2) is 9.98 Å². The molecule has 0 aromatic heterocycles. The van der Waals surface area contributed by atoms with Crippen LogP contribution in [0.15, 0.2) is 9.98 Å². The van der Waals surface area contributed by atoms with Gasteiger partial charge in [-0.2, -0.15) is 5.06 Å². The van der Waals surface area contributed by atoms with E-state index in [-0.39, 0.29) is 31.0 Å². The van der Waals surface area contributed by atoms with E-state index in [2.05, 4.69) is 9.98 Å². The summed E-state index contributed by atoms with van der Waals surface area (Å²) >= 11 is 0. The smallest absolute Gasteiger partial charge is 0.311 e. The molecule has 0 aromatic carbocycles. The van der Waals surface area contributed by atoms with Gasteiger partial charge in [0.1, 0.15) is 17.7 Å². The molecule has 3 aliphatic heterocycles. The first kappa shape index (κ1) is 17.3. The monoisotopic (exact) mass is 366 g/mol. The fourth-order valence-corrected chi connectivity index (χ4v) is 4.89. The number of ether oxygens (including phenoxy) is 1. The van der Waals surface area contributed by atoms with Crippen molar-refractivity contribution in [1.29, 1.82) is 0 Å². The quantitative estimate of drug-likeness (QED) is 0.446. The highest BCUT2D eigenvalue weighted by Crippen LogP contribution is 2.74. The van der Waals surface area contributed by atoms with Crippen LogP contribution in [0.3, 0.4) is 0 Å². The normalized spacial score (nSPS) is 43.3. The lowest BCUT2D eigenvalue weighted by atomic mass is 9.80. The lowest BCUT2D eigenvalue weighted by Crippen LogP contribution is -2.72. The largest absolute Gasteiger partial charge is 0.456 e. The molecule has 0 amide bonds. The molecule has 4 aliphatic rings. The maximum absolute atomic E-state index is 12.6. The van der Waals surface area contributed by atoms with Crippen molar-refractivity contribution in [2.45, 2.75) is 57.5 Å². The van der Waals surface area contributed by atoms with E-state index in [1.54, 1.807) is 25.7 Å². The summed E-state index contributed by atoms with van der Waals surface area (Å²) < 4.78 is 5.95. The average molecular weight is 366 g/mol. The van der Waals surface area contributed by atoms with Gasteiger partial charge in [0.05, 0.1) is 24.0 Å². The van der Waals surface area contributed by atoms with E-state index in [4.69, 9.17) is 16.2 Å². The Labute approximate surface area is 151 Å². The second-order valence-corrected chi connectivity index (χ2v) is 8.94. The van der Waals surface area contributed by atoms with Gasteiger partial charge < -0.3 is 26.2 Å². The average Bonchev–Trinajstić information content (AvgIpc) is 2.93. The molecule has 2 fully saturated rings. The number of rotatable bonds is 2. The highest BCUT2D eigenvalue weighted by molar-refractivity contribution is 5.88. The molecule has 0 bridgehead atoms. The number of piperidine rings is 1. The molecule has 0 aromatic rings. The lowest BCUT2D eigenvalue weighted by molar-refractivity contribution is -0.183. The maximum atomic E-state index is 12.6. The number of aliphatic imine (C=N–C) groups is 2. The van der Waals surface area contributed by atoms with Crippen molar-refractivity contribution < 1.29 is 19.8 Å². The zero-order chi connectivity index (χ0) is 19.3. The van der Waals surface area contributed by atoms with Crippen LogP contribution in [0.25, 0.3) is 0 Å². The minimum absolute atomic E-state index is 0.0607. The van der Waals surface area contributed by atoms with Crippen molar-refractivity contribution in [3.63, 3.8) is 0 Å². The summed E-state index contributed by atoms with van der Waals surface area (Å²) in [6, 6.07) is -1.25. The highest BCUT2D eigenvalue weighted by atomic mass is 16.6. The first-order chi connectivity index (χ1) is 11.9. The number of nitrogens with zero attached hydrogens (tertiary/aromatic N) is 4. The van der Waals surface area contributed by atoms with Crippen LogP contribution in [0.1, 0.15) is 34.1 Å². The van der Waals surface area contributed by atoms with Crippen LogP contribution in [0.5, 0.6) is 0 Å². The first-order valence-electron chi connectivity index (χ1n) is 8.72. The maximum Gasteiger partial charge on any atom is 0.311 e. The van der Waals surface area contributed by atoms with Crippen molar-refractivity contribution in [2.75, 3.05) is 13.2 Å². The van der Waals surface area contributed by atoms with Crippen molar-refractivity contribution in [1.82, 2.24) is 9.96 Å². The van der Waals surface area contributed by atoms with Crippen molar-refractivity contribution in [3.8, 4) is 0 Å². The standard InChI is InChI=1S/C16H26N6O4/c1-13(2,3)10(24)26-15-6-14(15,4)16-9(20-12(18)22(16)25)8(5-23)19-11(17)21(16)7-15/h8-9,23,25H,5-7H2,1-4H3,(H2,17,19)(H2,18,20). The third kappa shape index (κ3) is 1.67. The van der Waals surface area contributed by atoms with Gasteiger partial charge >= 0.3 is 5.97 Å². The molecular weight excluding hydrogens is 340 g/mol. The summed E-state index contributed by atoms with van der Waals surface area (Å²) in [6.45, 7) is 7.32. The Morgan fingerprint density at radius 3 is 2.58 bits per heavy atom. The van der Waals surface area contributed by atoms with E-state index < -0.39 is 34.2 Å². The molecule has 3 heterocycles. The second-order valence-electron chi connectivity index (χ2n) is 8.94. The zero-order valence-corrected chi connectivity index (χ0v) is 15.4. The molecule has 10 heteroatoms. The van der Waals surface area contributed by atoms with Crippen molar-refractivity contribution >= 4 is 17.9 Å². The second kappa shape index (κ2) is 4.61. The van der Waals surface area contributed by atoms with Crippen LogP contribution in [-0.2, 0) is 9.53 Å². The highest BCUT2D eigenvalue weighted by Gasteiger charge is 2.89. The molecule has 1 spiro atoms. The number of aliphatic hydroxyl groups excluding tert-OH is 1. The number of hydroxylamine groups is 2. The lowest BCUT2D eigenvalue weighted by Gasteiger charge is -2.50. The Bertz CT molecular complexity index is 748. The summed E-state index contributed by atoms with van der Waals surface area (Å²) in [4.78, 5) is 23.0. The van der Waals surface area contributed by atoms with Crippen LogP contribution >= 0.6 is 0 Å². The Morgan fingerprint density at radius 2 is 2.00 bits per heavy atom. The number of hydrogen-bond acceptors (Lipinski definition) is 10. The molecule has 6 N–H and O–H groups in total. The molecule has 0 radical (unpaired) electrons. The predicted octanol–water partition coefficient (Wildman–Crippen LogP) is -1.19. The van der Waals surface area contributed by atoms with Gasteiger partial charge in [0.2, 0.25) is 5.96 Å². The van der Waals surface area contributed by atoms with Crippen LogP contribution in [-0.4, -0.2) is 74.7 Å². The van der Waals surface area contributed by atoms with Gasteiger partial charge in [-0.1, -0.05) is 6.92 Å². The third-order valence-corrected chi connectivity index (χ3v) is 6.41. The van der Waals surface area contributed by atoms with E-state index in [1.807, 2.05) is 6.92 Å². The fraction of sp³-hybridized carbons (Fsp3) is 0.812. The Kier molecular flexibility index (Phi) is 3.07. The molecule has 5 unspecified atom stereocenters. The summed E-state index contributed by atoms with van der Waals surface area (Å²) in [5, 5.41) is 21.5. The number of guanidine groups is 2. The Balaban J connectivity index is 1.80. The number of carbonyl (C=O) groups excluding carboxylic acids is 1. The van der Waals surface area contributed by atoms with Crippen LogP contribution in [0, 0.1) is 10.8 Å². The van der Waals surface area contributed by atoms with E-state index >= 15 is 0 Å². The Hall–Kier alpha value is -2.07. The summed E-state index contributed by atoms with van der Waals surface area (Å²) in [5.74, 6) is -0.210. The summed E-state index contributed by atoms with van der Waals surface area (Å²) in [5.41, 5.74) is 8.81. The molecular formula is C16H26N6O4. The van der Waals surface area contributed by atoms with Gasteiger partial charge in [0.15, 0.2) is 11.6 Å². The topological polar surface area (TPSA) is 150 Å². The molecule has 144 valence electrons. The predicted molar refractivity (Wildman–Crippen MR) is 92.0 cm³/mol. The van der Waals surface area contributed by atoms with Crippen molar-refractivity contribution in [3.05, 3.63) is 0 Å². The van der Waals surface area contributed by atoms with Crippen molar-refractivity contribution in [2.24, 2.45) is 32.3 Å². The molecule has 26 heavy (non-hydrogen) atoms. The third-order valence-electron chi connectivity index (χ3n) is 6.41. The Morgan fingerprint density at radius 1 is 1.35 bits per heavy atom. The number of fused-ring (bicyclic) bond motifs is 1. The summed E-state index contributed by atoms with van der Waals surface area (Å²) in [7, 11) is 0. The minimum atomic E-state index is -1.13. The van der Waals surface area contributed by atoms with Crippen LogP contribution in [0.2, 0.25) is 0 Å². The number of carbonyl (C=O) groups is 1. The van der Waals surface area contributed by atoms with Gasteiger partial charge in [-0.3, -0.25) is 10.0 Å². The molecule has 1 saturated carbocycles. The SMILES string of the molecule is CC(C)(C)C(=O)OC12CN3C(N)=NC(CO)C4N=C(N)N(O)C43C1(C)C2. The van der Waals surface area contributed by atoms with Gasteiger partial charge in [0, 0.05) is 6.42 Å². The van der Waals surface area contributed by atoms with E-state index in [0.717, 1.165) is 5.06 Å². The van der Waals surface area contributed by atoms with E-state index in [1.165, 1.54) is 0 Å². The number of hydrogen-bond donors (Lipinski definition) is 4. The van der Waals surface area contributed by atoms with Gasteiger partial charge in [-0.15, -0.1) is 0 Å². The molecule has 10 nitrogen and oxygen atoms in total.